The van der Waals surface area contributed by atoms with E-state index in [1.165, 1.54) is 130 Å². The molecule has 0 N–H and O–H groups in total. The molecular formula is C111H67N6OPS2. The van der Waals surface area contributed by atoms with E-state index >= 15 is 4.57 Å². The molecule has 0 aliphatic carbocycles. The molecule has 564 valence electrons. The van der Waals surface area contributed by atoms with Gasteiger partial charge in [0.2, 0.25) is 0 Å². The van der Waals surface area contributed by atoms with Gasteiger partial charge >= 0.3 is 0 Å². The van der Waals surface area contributed by atoms with Crippen LogP contribution >= 0.6 is 30.7 Å². The number of para-hydroxylation sites is 8. The van der Waals surface area contributed by atoms with Crippen LogP contribution in [-0.4, -0.2) is 27.8 Å². The van der Waals surface area contributed by atoms with Crippen LogP contribution in [-0.2, 0) is 15.4 Å². The van der Waals surface area contributed by atoms with E-state index in [-0.39, 0.29) is 0 Å². The molecule has 9 heterocycles. The normalized spacial score (nSPS) is 15.5. The second-order valence-corrected chi connectivity index (χ2v) is 37.6. The Bertz CT molecular complexity index is 8460. The SMILES string of the molecule is O=P(c1ccccc1)(c1ccccc1)c1ccc(-n2c3ccc(-c4ccc5c(c4)nc(-c4ccc(-n6c7ccccc7c7cc8c(cc76)C6(c7ccccc7S8)c7ccccc7-n7c8ccccc8c8cccc6c87)cc4)n5-c4ccccc4)cc3c3cc4c(cc32)C2(c3ccccc3S4)c3ccccc3-n3c4ccccc4c4cccc2c43)cc1. The third kappa shape index (κ3) is 9.01. The quantitative estimate of drug-likeness (QED) is 0.142. The maximum atomic E-state index is 16.1. The molecule has 5 aromatic heterocycles. The average molecular weight is 1600 g/mol. The van der Waals surface area contributed by atoms with Gasteiger partial charge in [-0.15, -0.1) is 0 Å². The minimum Gasteiger partial charge on any atom is -0.309 e. The summed E-state index contributed by atoms with van der Waals surface area (Å²) < 4.78 is 28.4. The molecule has 2 unspecified atom stereocenters. The highest BCUT2D eigenvalue weighted by molar-refractivity contribution is 7.99. The fourth-order valence-electron chi connectivity index (χ4n) is 21.9. The van der Waals surface area contributed by atoms with Crippen LogP contribution in [0, 0.1) is 0 Å². The molecule has 2 atom stereocenters. The van der Waals surface area contributed by atoms with Gasteiger partial charge in [0.15, 0.2) is 7.14 Å². The zero-order valence-corrected chi connectivity index (χ0v) is 67.6. The van der Waals surface area contributed by atoms with E-state index < -0.39 is 18.0 Å². The third-order valence-electron chi connectivity index (χ3n) is 26.9. The highest BCUT2D eigenvalue weighted by Crippen LogP contribution is 2.64. The molecule has 0 amide bonds. The summed E-state index contributed by atoms with van der Waals surface area (Å²) in [6, 6.07) is 150. The molecule has 10 heteroatoms. The van der Waals surface area contributed by atoms with Crippen LogP contribution in [0.25, 0.3) is 149 Å². The summed E-state index contributed by atoms with van der Waals surface area (Å²) in [5.41, 5.74) is 28.7. The molecule has 0 saturated heterocycles. The molecule has 0 radical (unpaired) electrons. The van der Waals surface area contributed by atoms with E-state index in [1.807, 2.05) is 84.2 Å². The average Bonchev–Trinajstić information content (AvgIpc) is 1.63. The Kier molecular flexibility index (Phi) is 14.0. The Balaban J connectivity index is 0.628. The largest absolute Gasteiger partial charge is 0.309 e. The van der Waals surface area contributed by atoms with E-state index in [0.717, 1.165) is 99.4 Å². The van der Waals surface area contributed by atoms with Gasteiger partial charge in [0.25, 0.3) is 0 Å². The number of rotatable bonds is 8. The fraction of sp³-hybridized carbons (Fsp3) is 0.0180. The van der Waals surface area contributed by atoms with Crippen LogP contribution < -0.4 is 15.9 Å². The Morgan fingerprint density at radius 2 is 0.603 bits per heavy atom. The van der Waals surface area contributed by atoms with E-state index in [0.29, 0.717) is 0 Å². The standard InChI is InChI=1S/C111H67N6OPS2/c118-119(74-28-6-2-7-29-74,75-30-8-3-9-31-75)76-58-56-73(57-59-76)114-97-60-52-69(62-82(97)84-65-106-92(67-102(84)114)111(88-40-16-23-49-104(88)121-106)86-38-14-21-47-99(86)117-96-45-19-11-33-78(96)81-36-25-42-90(111)108(81)117)70-53-61-100-93(63-70)112-109(115(100)71-26-4-1-5-27-71)68-50-54-72(55-51-68)113-94-43-17-12-34-79(94)83-64-105-91(66-101(83)113)110(87-39-15-22-48-103(87)120-105)85-37-13-20-46-98(85)116-95-44-18-10-32-77(95)80-35-24-41-89(110)107(80)116/h1-67H. The molecule has 0 fully saturated rings. The highest BCUT2D eigenvalue weighted by Gasteiger charge is 2.52. The van der Waals surface area contributed by atoms with Crippen LogP contribution in [0.3, 0.4) is 0 Å². The van der Waals surface area contributed by atoms with Gasteiger partial charge in [0.1, 0.15) is 5.82 Å². The highest BCUT2D eigenvalue weighted by atomic mass is 32.2. The maximum absolute atomic E-state index is 16.1. The summed E-state index contributed by atoms with van der Waals surface area (Å²) in [7, 11) is -3.31. The predicted octanol–water partition coefficient (Wildman–Crippen LogP) is 26.7. The Morgan fingerprint density at radius 1 is 0.231 bits per heavy atom. The van der Waals surface area contributed by atoms with Crippen molar-refractivity contribution in [1.82, 2.24) is 27.8 Å². The summed E-state index contributed by atoms with van der Waals surface area (Å²) in [5.74, 6) is 0.856. The Morgan fingerprint density at radius 3 is 1.14 bits per heavy atom. The first-order valence-electron chi connectivity index (χ1n) is 41.4. The van der Waals surface area contributed by atoms with E-state index in [1.54, 1.807) is 0 Å². The van der Waals surface area contributed by atoms with Crippen LogP contribution in [0.5, 0.6) is 0 Å². The number of nitrogens with zero attached hydrogens (tertiary/aromatic N) is 6. The number of imidazole rings is 1. The van der Waals surface area contributed by atoms with Crippen LogP contribution in [0.15, 0.2) is 426 Å². The van der Waals surface area contributed by atoms with Gasteiger partial charge in [0, 0.05) is 101 Å². The van der Waals surface area contributed by atoms with Gasteiger partial charge in [-0.2, -0.15) is 0 Å². The van der Waals surface area contributed by atoms with Crippen molar-refractivity contribution in [2.45, 2.75) is 30.4 Å². The first-order valence-corrected chi connectivity index (χ1v) is 44.8. The number of hydrogen-bond donors (Lipinski definition) is 0. The fourth-order valence-corrected chi connectivity index (χ4v) is 27.0. The Hall–Kier alpha value is -14.4. The van der Waals surface area contributed by atoms with E-state index in [4.69, 9.17) is 4.98 Å². The summed E-state index contributed by atoms with van der Waals surface area (Å²) in [6.07, 6.45) is 0. The van der Waals surface area contributed by atoms with Crippen LogP contribution in [0.4, 0.5) is 0 Å². The first kappa shape index (κ1) is 67.6. The molecule has 7 nitrogen and oxygen atoms in total. The van der Waals surface area contributed by atoms with Gasteiger partial charge in [-0.1, -0.05) is 278 Å². The summed E-state index contributed by atoms with van der Waals surface area (Å²) in [4.78, 5) is 10.7. The van der Waals surface area contributed by atoms with Gasteiger partial charge in [-0.3, -0.25) is 4.57 Å². The topological polar surface area (TPSA) is 54.6 Å². The first-order chi connectivity index (χ1) is 59.9. The molecule has 121 heavy (non-hydrogen) atoms. The summed E-state index contributed by atoms with van der Waals surface area (Å²) in [5, 5.41) is 12.1. The lowest BCUT2D eigenvalue weighted by Crippen LogP contribution is -2.37. The monoisotopic (exact) mass is 1590 g/mol. The van der Waals surface area contributed by atoms with Crippen molar-refractivity contribution in [1.29, 1.82) is 0 Å². The Labute approximate surface area is 704 Å². The van der Waals surface area contributed by atoms with Gasteiger partial charge < -0.3 is 22.8 Å². The van der Waals surface area contributed by atoms with Gasteiger partial charge in [-0.05, 0) is 207 Å². The molecule has 0 saturated carbocycles. The predicted molar refractivity (Wildman–Crippen MR) is 501 cm³/mol. The minimum atomic E-state index is -3.31. The second kappa shape index (κ2) is 25.1. The number of hydrogen-bond acceptors (Lipinski definition) is 4. The smallest absolute Gasteiger partial charge is 0.171 e. The van der Waals surface area contributed by atoms with Crippen molar-refractivity contribution in [3.63, 3.8) is 0 Å². The van der Waals surface area contributed by atoms with Gasteiger partial charge in [-0.25, -0.2) is 4.98 Å². The summed E-state index contributed by atoms with van der Waals surface area (Å²) >= 11 is 3.77. The zero-order chi connectivity index (χ0) is 79.1. The molecular weight excluding hydrogens is 1530 g/mol. The number of aromatic nitrogens is 6. The van der Waals surface area contributed by atoms with Crippen molar-refractivity contribution in [2.75, 3.05) is 0 Å². The molecule has 23 aromatic rings. The number of fused-ring (bicyclic) bond motifs is 29. The van der Waals surface area contributed by atoms with Crippen molar-refractivity contribution in [2.24, 2.45) is 0 Å². The maximum Gasteiger partial charge on any atom is 0.171 e. The zero-order valence-electron chi connectivity index (χ0n) is 65.0. The van der Waals surface area contributed by atoms with Gasteiger partial charge in [0.05, 0.1) is 77.4 Å². The lowest BCUT2D eigenvalue weighted by molar-refractivity contribution is 0.592. The van der Waals surface area contributed by atoms with E-state index in [2.05, 4.69) is 369 Å². The molecule has 2 spiro atoms. The third-order valence-corrected chi connectivity index (χ3v) is 32.2. The number of benzene rings is 18. The van der Waals surface area contributed by atoms with Crippen LogP contribution in [0.1, 0.15) is 44.5 Å². The molecule has 27 rings (SSSR count). The van der Waals surface area contributed by atoms with E-state index in [9.17, 15) is 0 Å². The van der Waals surface area contributed by atoms with Crippen molar-refractivity contribution < 1.29 is 4.57 Å². The molecule has 4 aliphatic rings. The lowest BCUT2D eigenvalue weighted by Gasteiger charge is -2.45. The van der Waals surface area contributed by atoms with Crippen LogP contribution in [0.2, 0.25) is 0 Å². The van der Waals surface area contributed by atoms with Crippen molar-refractivity contribution in [3.8, 4) is 51.0 Å². The molecule has 0 bridgehead atoms. The second-order valence-electron chi connectivity index (χ2n) is 32.6. The van der Waals surface area contributed by atoms with Crippen molar-refractivity contribution in [3.05, 3.63) is 451 Å². The lowest BCUT2D eigenvalue weighted by atomic mass is 9.62. The minimum absolute atomic E-state index is 0.639. The summed E-state index contributed by atoms with van der Waals surface area (Å²) in [6.45, 7) is 0. The molecule has 4 aliphatic heterocycles. The molecule has 18 aromatic carbocycles. The van der Waals surface area contributed by atoms with Crippen molar-refractivity contribution >= 4 is 145 Å².